The summed E-state index contributed by atoms with van der Waals surface area (Å²) >= 11 is 0. The Morgan fingerprint density at radius 3 is 2.79 bits per heavy atom. The third kappa shape index (κ3) is 4.44. The van der Waals surface area contributed by atoms with Crippen molar-refractivity contribution in [2.24, 2.45) is 0 Å². The molecule has 1 unspecified atom stereocenters. The lowest BCUT2D eigenvalue weighted by Crippen LogP contribution is -2.37. The van der Waals surface area contributed by atoms with E-state index in [1.54, 1.807) is 6.07 Å². The van der Waals surface area contributed by atoms with Crippen LogP contribution in [0.3, 0.4) is 0 Å². The maximum Gasteiger partial charge on any atom is 0.251 e. The largest absolute Gasteiger partial charge is 0.506 e. The first-order valence-corrected chi connectivity index (χ1v) is 6.52. The highest BCUT2D eigenvalue weighted by atomic mass is 16.3. The summed E-state index contributed by atoms with van der Waals surface area (Å²) in [5, 5.41) is 12.3. The van der Waals surface area contributed by atoms with Gasteiger partial charge < -0.3 is 21.1 Å². The summed E-state index contributed by atoms with van der Waals surface area (Å²) in [4.78, 5) is 14.0. The molecule has 0 spiro atoms. The van der Waals surface area contributed by atoms with Crippen molar-refractivity contribution in [3.05, 3.63) is 23.8 Å². The number of carbonyl (C=O) groups is 1. The van der Waals surface area contributed by atoms with Crippen LogP contribution in [0.15, 0.2) is 18.2 Å². The molecule has 0 saturated carbocycles. The maximum atomic E-state index is 11.8. The van der Waals surface area contributed by atoms with Gasteiger partial charge >= 0.3 is 0 Å². The summed E-state index contributed by atoms with van der Waals surface area (Å²) in [6.45, 7) is 5.66. The van der Waals surface area contributed by atoms with Crippen molar-refractivity contribution in [1.29, 1.82) is 0 Å². The second-order valence-corrected chi connectivity index (χ2v) is 4.77. The van der Waals surface area contributed by atoms with E-state index in [0.29, 0.717) is 18.2 Å². The molecule has 1 aromatic rings. The number of likely N-dealkylation sites (N-methyl/N-ethyl adjacent to an activating group) is 1. The van der Waals surface area contributed by atoms with Crippen LogP contribution in [0, 0.1) is 0 Å². The summed E-state index contributed by atoms with van der Waals surface area (Å²) < 4.78 is 0. The summed E-state index contributed by atoms with van der Waals surface area (Å²) in [7, 11) is 2.04. The van der Waals surface area contributed by atoms with Gasteiger partial charge in [0.2, 0.25) is 0 Å². The Hall–Kier alpha value is -1.75. The smallest absolute Gasteiger partial charge is 0.251 e. The van der Waals surface area contributed by atoms with Crippen LogP contribution in [0.25, 0.3) is 0 Å². The predicted octanol–water partition coefficient (Wildman–Crippen LogP) is 1.43. The van der Waals surface area contributed by atoms with E-state index < -0.39 is 0 Å². The van der Waals surface area contributed by atoms with Crippen LogP contribution in [0.5, 0.6) is 5.75 Å². The van der Waals surface area contributed by atoms with E-state index >= 15 is 0 Å². The lowest BCUT2D eigenvalue weighted by molar-refractivity contribution is 0.0947. The Kier molecular flexibility index (Phi) is 5.63. The molecule has 0 aliphatic heterocycles. The molecule has 0 aliphatic rings. The van der Waals surface area contributed by atoms with Crippen molar-refractivity contribution in [2.45, 2.75) is 26.3 Å². The topological polar surface area (TPSA) is 78.6 Å². The molecular formula is C14H23N3O2. The molecular weight excluding hydrogens is 242 g/mol. The van der Waals surface area contributed by atoms with Crippen molar-refractivity contribution in [2.75, 3.05) is 25.9 Å². The van der Waals surface area contributed by atoms with Gasteiger partial charge in [-0.3, -0.25) is 4.79 Å². The molecule has 5 nitrogen and oxygen atoms in total. The van der Waals surface area contributed by atoms with Crippen LogP contribution < -0.4 is 11.1 Å². The number of rotatable bonds is 6. The summed E-state index contributed by atoms with van der Waals surface area (Å²) in [6.07, 6.45) is 1.08. The van der Waals surface area contributed by atoms with Gasteiger partial charge in [0.05, 0.1) is 5.69 Å². The van der Waals surface area contributed by atoms with Crippen LogP contribution >= 0.6 is 0 Å². The minimum Gasteiger partial charge on any atom is -0.506 e. The average molecular weight is 265 g/mol. The maximum absolute atomic E-state index is 11.8. The Morgan fingerprint density at radius 1 is 1.53 bits per heavy atom. The molecule has 1 atom stereocenters. The molecule has 1 rings (SSSR count). The highest BCUT2D eigenvalue weighted by Crippen LogP contribution is 2.20. The number of nitrogens with zero attached hydrogens (tertiary/aromatic N) is 1. The fourth-order valence-corrected chi connectivity index (χ4v) is 1.66. The van der Waals surface area contributed by atoms with Crippen molar-refractivity contribution in [1.82, 2.24) is 10.2 Å². The molecule has 19 heavy (non-hydrogen) atoms. The predicted molar refractivity (Wildman–Crippen MR) is 77.2 cm³/mol. The summed E-state index contributed by atoms with van der Waals surface area (Å²) in [5.74, 6) is -0.266. The van der Waals surface area contributed by atoms with E-state index in [0.717, 1.165) is 13.0 Å². The Bertz CT molecular complexity index is 435. The third-order valence-corrected chi connectivity index (χ3v) is 3.39. The molecule has 0 aliphatic carbocycles. The van der Waals surface area contributed by atoms with Gasteiger partial charge in [0.25, 0.3) is 5.91 Å². The number of nitrogens with two attached hydrogens (primary N) is 1. The molecule has 4 N–H and O–H groups in total. The van der Waals surface area contributed by atoms with Gasteiger partial charge in [-0.2, -0.15) is 0 Å². The first-order valence-electron chi connectivity index (χ1n) is 6.52. The normalized spacial score (nSPS) is 12.4. The zero-order valence-electron chi connectivity index (χ0n) is 11.8. The fraction of sp³-hybridized carbons (Fsp3) is 0.500. The monoisotopic (exact) mass is 265 g/mol. The minimum atomic E-state index is -0.201. The van der Waals surface area contributed by atoms with E-state index in [4.69, 9.17) is 5.73 Å². The van der Waals surface area contributed by atoms with Gasteiger partial charge in [0, 0.05) is 24.7 Å². The van der Waals surface area contributed by atoms with E-state index in [2.05, 4.69) is 24.1 Å². The van der Waals surface area contributed by atoms with Crippen molar-refractivity contribution in [3.63, 3.8) is 0 Å². The number of phenols is 1. The lowest BCUT2D eigenvalue weighted by Gasteiger charge is -2.23. The number of aromatic hydroxyl groups is 1. The molecule has 106 valence electrons. The van der Waals surface area contributed by atoms with E-state index in [1.807, 2.05) is 7.05 Å². The number of carbonyl (C=O) groups excluding carboxylic acids is 1. The van der Waals surface area contributed by atoms with Crippen LogP contribution in [0.1, 0.15) is 30.6 Å². The summed E-state index contributed by atoms with van der Waals surface area (Å²) in [5.41, 5.74) is 6.17. The van der Waals surface area contributed by atoms with Crippen molar-refractivity contribution < 1.29 is 9.90 Å². The van der Waals surface area contributed by atoms with Gasteiger partial charge in [-0.05, 0) is 38.6 Å². The molecule has 1 amide bonds. The zero-order chi connectivity index (χ0) is 14.4. The molecule has 0 saturated heterocycles. The number of nitrogens with one attached hydrogen (secondary N) is 1. The molecule has 0 aromatic heterocycles. The second kappa shape index (κ2) is 6.99. The summed E-state index contributed by atoms with van der Waals surface area (Å²) in [6, 6.07) is 5.00. The van der Waals surface area contributed by atoms with Crippen molar-refractivity contribution in [3.8, 4) is 5.75 Å². The number of hydrogen-bond acceptors (Lipinski definition) is 4. The minimum absolute atomic E-state index is 0.0654. The molecule has 0 heterocycles. The first kappa shape index (κ1) is 15.3. The number of hydrogen-bond donors (Lipinski definition) is 3. The lowest BCUT2D eigenvalue weighted by atomic mass is 10.2. The highest BCUT2D eigenvalue weighted by Gasteiger charge is 2.09. The zero-order valence-corrected chi connectivity index (χ0v) is 11.8. The Balaban J connectivity index is 2.45. The Labute approximate surface area is 114 Å². The molecule has 1 aromatic carbocycles. The Morgan fingerprint density at radius 2 is 2.21 bits per heavy atom. The number of phenolic OH excluding ortho intramolecular Hbond substituents is 1. The van der Waals surface area contributed by atoms with E-state index in [-0.39, 0.29) is 17.3 Å². The van der Waals surface area contributed by atoms with Crippen molar-refractivity contribution >= 4 is 11.6 Å². The van der Waals surface area contributed by atoms with Gasteiger partial charge in [-0.15, -0.1) is 0 Å². The highest BCUT2D eigenvalue weighted by molar-refractivity contribution is 5.95. The van der Waals surface area contributed by atoms with Gasteiger partial charge in [0.15, 0.2) is 0 Å². The van der Waals surface area contributed by atoms with Gasteiger partial charge in [-0.25, -0.2) is 0 Å². The molecule has 0 fully saturated rings. The average Bonchev–Trinajstić information content (AvgIpc) is 2.40. The van der Waals surface area contributed by atoms with Crippen LogP contribution in [-0.4, -0.2) is 42.1 Å². The SMILES string of the molecule is CCC(C)N(C)CCNC(=O)c1ccc(N)c(O)c1. The standard InChI is InChI=1S/C14H23N3O2/c1-4-10(2)17(3)8-7-16-14(19)11-5-6-12(15)13(18)9-11/h5-6,9-10,18H,4,7-8,15H2,1-3H3,(H,16,19). The number of amides is 1. The van der Waals surface area contributed by atoms with E-state index in [9.17, 15) is 9.90 Å². The molecule has 5 heteroatoms. The second-order valence-electron chi connectivity index (χ2n) is 4.77. The fourth-order valence-electron chi connectivity index (χ4n) is 1.66. The number of nitrogen functional groups attached to an aromatic ring is 1. The van der Waals surface area contributed by atoms with Gasteiger partial charge in [-0.1, -0.05) is 6.92 Å². The van der Waals surface area contributed by atoms with E-state index in [1.165, 1.54) is 12.1 Å². The van der Waals surface area contributed by atoms with Crippen LogP contribution in [0.4, 0.5) is 5.69 Å². The number of benzene rings is 1. The number of anilines is 1. The van der Waals surface area contributed by atoms with Crippen LogP contribution in [0.2, 0.25) is 0 Å². The molecule has 0 bridgehead atoms. The van der Waals surface area contributed by atoms with Crippen LogP contribution in [-0.2, 0) is 0 Å². The molecule has 0 radical (unpaired) electrons. The van der Waals surface area contributed by atoms with Gasteiger partial charge in [0.1, 0.15) is 5.75 Å². The third-order valence-electron chi connectivity index (χ3n) is 3.39. The quantitative estimate of drug-likeness (QED) is 0.537. The first-order chi connectivity index (χ1) is 8.95.